The zero-order valence-corrected chi connectivity index (χ0v) is 10.0. The van der Waals surface area contributed by atoms with Crippen LogP contribution in [0.1, 0.15) is 0 Å². The van der Waals surface area contributed by atoms with Crippen LogP contribution in [0.25, 0.3) is 0 Å². The fourth-order valence-corrected chi connectivity index (χ4v) is 2.66. The van der Waals surface area contributed by atoms with Gasteiger partial charge >= 0.3 is 0 Å². The van der Waals surface area contributed by atoms with Crippen LogP contribution >= 0.6 is 22.6 Å². The van der Waals surface area contributed by atoms with Gasteiger partial charge in [0.05, 0.1) is 6.20 Å². The van der Waals surface area contributed by atoms with Gasteiger partial charge < -0.3 is 0 Å². The second kappa shape index (κ2) is 4.38. The summed E-state index contributed by atoms with van der Waals surface area (Å²) >= 11 is 2.10. The van der Waals surface area contributed by atoms with Crippen molar-refractivity contribution in [3.05, 3.63) is 12.3 Å². The molecule has 1 aromatic rings. The van der Waals surface area contributed by atoms with Crippen LogP contribution in [-0.4, -0.2) is 29.2 Å². The van der Waals surface area contributed by atoms with Crippen LogP contribution in [-0.2, 0) is 17.1 Å². The Kier molecular flexibility index (Phi) is 3.68. The molecule has 0 saturated carbocycles. The van der Waals surface area contributed by atoms with Gasteiger partial charge in [-0.2, -0.15) is 5.10 Å². The summed E-state index contributed by atoms with van der Waals surface area (Å²) in [7, 11) is -1.77. The second-order valence-corrected chi connectivity index (χ2v) is 5.17. The maximum atomic E-state index is 11.5. The Morgan fingerprint density at radius 3 is 2.85 bits per heavy atom. The van der Waals surface area contributed by atoms with Crippen LogP contribution in [0, 0.1) is 0 Å². The standard InChI is InChI=1S/C6H10IN3O2S/c1-10-6(2-4-8-10)13(11,12)9-5-3-7/h2,4,9H,3,5H2,1H3. The quantitative estimate of drug-likeness (QED) is 0.635. The molecule has 0 aliphatic heterocycles. The Bertz CT molecular complexity index is 373. The van der Waals surface area contributed by atoms with E-state index in [9.17, 15) is 8.42 Å². The number of halogens is 1. The normalized spacial score (nSPS) is 11.8. The third-order valence-electron chi connectivity index (χ3n) is 1.44. The molecular weight excluding hydrogens is 305 g/mol. The third kappa shape index (κ3) is 2.64. The second-order valence-electron chi connectivity index (χ2n) is 2.38. The van der Waals surface area contributed by atoms with E-state index in [4.69, 9.17) is 0 Å². The average molecular weight is 315 g/mol. The van der Waals surface area contributed by atoms with Gasteiger partial charge in [-0.1, -0.05) is 22.6 Å². The number of nitrogens with zero attached hydrogens (tertiary/aromatic N) is 2. The van der Waals surface area contributed by atoms with Crippen molar-refractivity contribution in [2.45, 2.75) is 5.03 Å². The van der Waals surface area contributed by atoms with E-state index >= 15 is 0 Å². The predicted molar refractivity (Wildman–Crippen MR) is 57.3 cm³/mol. The molecule has 0 spiro atoms. The molecule has 74 valence electrons. The van der Waals surface area contributed by atoms with Gasteiger partial charge in [-0.3, -0.25) is 4.68 Å². The van der Waals surface area contributed by atoms with Gasteiger partial charge in [0.25, 0.3) is 10.0 Å². The van der Waals surface area contributed by atoms with Crippen molar-refractivity contribution in [3.63, 3.8) is 0 Å². The number of alkyl halides is 1. The molecule has 0 atom stereocenters. The molecule has 0 fully saturated rings. The van der Waals surface area contributed by atoms with Crippen molar-refractivity contribution in [1.29, 1.82) is 0 Å². The summed E-state index contributed by atoms with van der Waals surface area (Å²) in [5.74, 6) is 0. The molecular formula is C6H10IN3O2S. The van der Waals surface area contributed by atoms with Gasteiger partial charge in [0.15, 0.2) is 5.03 Å². The SMILES string of the molecule is Cn1nccc1S(=O)(=O)NCCI. The third-order valence-corrected chi connectivity index (χ3v) is 3.51. The van der Waals surface area contributed by atoms with Gasteiger partial charge in [0, 0.05) is 18.0 Å². The summed E-state index contributed by atoms with van der Waals surface area (Å²) in [4.78, 5) is 0. The van der Waals surface area contributed by atoms with Gasteiger partial charge in [-0.15, -0.1) is 0 Å². The Hall–Kier alpha value is -0.150. The number of sulfonamides is 1. The van der Waals surface area contributed by atoms with Crippen LogP contribution in [0.2, 0.25) is 0 Å². The minimum Gasteiger partial charge on any atom is -0.256 e. The molecule has 1 heterocycles. The lowest BCUT2D eigenvalue weighted by Gasteiger charge is -2.04. The summed E-state index contributed by atoms with van der Waals surface area (Å²) in [6, 6.07) is 1.47. The van der Waals surface area contributed by atoms with E-state index in [-0.39, 0.29) is 5.03 Å². The number of rotatable bonds is 4. The summed E-state index contributed by atoms with van der Waals surface area (Å²) in [6.45, 7) is 0.439. The topological polar surface area (TPSA) is 64.0 Å². The number of nitrogens with one attached hydrogen (secondary N) is 1. The minimum absolute atomic E-state index is 0.192. The summed E-state index contributed by atoms with van der Waals surface area (Å²) < 4.78 is 27.5. The van der Waals surface area contributed by atoms with Crippen molar-refractivity contribution in [1.82, 2.24) is 14.5 Å². The molecule has 0 aliphatic carbocycles. The molecule has 0 saturated heterocycles. The van der Waals surface area contributed by atoms with E-state index in [1.165, 1.54) is 16.9 Å². The van der Waals surface area contributed by atoms with E-state index < -0.39 is 10.0 Å². The number of aryl methyl sites for hydroxylation is 1. The van der Waals surface area contributed by atoms with Crippen molar-refractivity contribution in [2.24, 2.45) is 7.05 Å². The van der Waals surface area contributed by atoms with E-state index in [1.807, 2.05) is 0 Å². The number of hydrogen-bond acceptors (Lipinski definition) is 3. The zero-order valence-electron chi connectivity index (χ0n) is 7.07. The molecule has 0 radical (unpaired) electrons. The molecule has 5 nitrogen and oxygen atoms in total. The van der Waals surface area contributed by atoms with Crippen LogP contribution in [0.4, 0.5) is 0 Å². The highest BCUT2D eigenvalue weighted by atomic mass is 127. The maximum absolute atomic E-state index is 11.5. The van der Waals surface area contributed by atoms with Crippen LogP contribution in [0.3, 0.4) is 0 Å². The lowest BCUT2D eigenvalue weighted by Crippen LogP contribution is -2.27. The summed E-state index contributed by atoms with van der Waals surface area (Å²) in [5.41, 5.74) is 0. The van der Waals surface area contributed by atoms with Crippen molar-refractivity contribution < 1.29 is 8.42 Å². The maximum Gasteiger partial charge on any atom is 0.257 e. The first-order valence-electron chi connectivity index (χ1n) is 3.61. The Balaban J connectivity index is 2.88. The van der Waals surface area contributed by atoms with Crippen molar-refractivity contribution in [2.75, 3.05) is 11.0 Å². The molecule has 0 aliphatic rings. The van der Waals surface area contributed by atoms with Gasteiger partial charge in [-0.05, 0) is 6.07 Å². The number of aromatic nitrogens is 2. The molecule has 13 heavy (non-hydrogen) atoms. The first-order chi connectivity index (χ1) is 6.08. The van der Waals surface area contributed by atoms with E-state index in [1.54, 1.807) is 7.05 Å². The molecule has 1 N–H and O–H groups in total. The Morgan fingerprint density at radius 2 is 2.38 bits per heavy atom. The highest BCUT2D eigenvalue weighted by Crippen LogP contribution is 2.04. The van der Waals surface area contributed by atoms with E-state index in [0.29, 0.717) is 6.54 Å². The molecule has 0 aromatic carbocycles. The fraction of sp³-hybridized carbons (Fsp3) is 0.500. The monoisotopic (exact) mass is 315 g/mol. The number of hydrogen-bond donors (Lipinski definition) is 1. The molecule has 1 aromatic heterocycles. The molecule has 0 unspecified atom stereocenters. The largest absolute Gasteiger partial charge is 0.257 e. The molecule has 0 bridgehead atoms. The Labute approximate surface area is 90.7 Å². The van der Waals surface area contributed by atoms with Crippen molar-refractivity contribution in [3.8, 4) is 0 Å². The van der Waals surface area contributed by atoms with Crippen LogP contribution in [0.15, 0.2) is 17.3 Å². The average Bonchev–Trinajstić information content (AvgIpc) is 2.48. The van der Waals surface area contributed by atoms with Crippen molar-refractivity contribution >= 4 is 32.6 Å². The molecule has 0 amide bonds. The lowest BCUT2D eigenvalue weighted by molar-refractivity contribution is 0.565. The fourth-order valence-electron chi connectivity index (χ4n) is 0.872. The molecule has 1 rings (SSSR count). The highest BCUT2D eigenvalue weighted by molar-refractivity contribution is 14.1. The zero-order chi connectivity index (χ0) is 9.90. The van der Waals surface area contributed by atoms with E-state index in [2.05, 4.69) is 32.4 Å². The van der Waals surface area contributed by atoms with Crippen LogP contribution in [0.5, 0.6) is 0 Å². The predicted octanol–water partition coefficient (Wildman–Crippen LogP) is 0.133. The first-order valence-corrected chi connectivity index (χ1v) is 6.62. The first kappa shape index (κ1) is 10.9. The smallest absolute Gasteiger partial charge is 0.256 e. The lowest BCUT2D eigenvalue weighted by atomic mass is 10.7. The van der Waals surface area contributed by atoms with Gasteiger partial charge in [-0.25, -0.2) is 13.1 Å². The Morgan fingerprint density at radius 1 is 1.69 bits per heavy atom. The summed E-state index contributed by atoms with van der Waals surface area (Å²) in [6.07, 6.45) is 1.46. The summed E-state index contributed by atoms with van der Waals surface area (Å²) in [5, 5.41) is 3.98. The van der Waals surface area contributed by atoms with Gasteiger partial charge in [0.2, 0.25) is 0 Å². The highest BCUT2D eigenvalue weighted by Gasteiger charge is 2.16. The minimum atomic E-state index is -3.36. The van der Waals surface area contributed by atoms with Crippen LogP contribution < -0.4 is 4.72 Å². The van der Waals surface area contributed by atoms with E-state index in [0.717, 1.165) is 4.43 Å². The van der Waals surface area contributed by atoms with Gasteiger partial charge in [0.1, 0.15) is 0 Å². The molecule has 7 heteroatoms.